The molecular formula is C10H14N2. The van der Waals surface area contributed by atoms with Gasteiger partial charge in [0.05, 0.1) is 11.4 Å². The van der Waals surface area contributed by atoms with Crippen LogP contribution >= 0.6 is 0 Å². The Morgan fingerprint density at radius 2 is 1.33 bits per heavy atom. The molecule has 0 fully saturated rings. The van der Waals surface area contributed by atoms with Crippen LogP contribution in [0.1, 0.15) is 11.1 Å². The van der Waals surface area contributed by atoms with Crippen LogP contribution in [0.5, 0.6) is 0 Å². The summed E-state index contributed by atoms with van der Waals surface area (Å²) >= 11 is 0. The summed E-state index contributed by atoms with van der Waals surface area (Å²) in [6.45, 7) is 6.34. The van der Waals surface area contributed by atoms with Crippen LogP contribution in [0.15, 0.2) is 12.1 Å². The van der Waals surface area contributed by atoms with E-state index >= 15 is 0 Å². The average Bonchev–Trinajstić information content (AvgIpc) is 2.07. The van der Waals surface area contributed by atoms with Crippen molar-refractivity contribution in [2.24, 2.45) is 0 Å². The summed E-state index contributed by atoms with van der Waals surface area (Å²) in [5.74, 6) is 0. The lowest BCUT2D eigenvalue weighted by Crippen LogP contribution is -2.20. The first kappa shape index (κ1) is 7.47. The molecule has 1 heterocycles. The molecule has 1 aromatic carbocycles. The van der Waals surface area contributed by atoms with Gasteiger partial charge in [-0.25, -0.2) is 0 Å². The number of fused-ring (bicyclic) bond motifs is 1. The summed E-state index contributed by atoms with van der Waals surface area (Å²) in [5.41, 5.74) is 5.18. The minimum absolute atomic E-state index is 1.02. The molecule has 0 saturated heterocycles. The van der Waals surface area contributed by atoms with Gasteiger partial charge in [0.25, 0.3) is 0 Å². The van der Waals surface area contributed by atoms with Crippen molar-refractivity contribution in [3.05, 3.63) is 23.3 Å². The standard InChI is InChI=1S/C10H14N2/c1-7-5-9-10(6-8(7)2)12-4-3-11-9/h5-6,11-12H,3-4H2,1-2H3. The molecule has 0 saturated carbocycles. The van der Waals surface area contributed by atoms with E-state index in [0.717, 1.165) is 13.1 Å². The molecule has 12 heavy (non-hydrogen) atoms. The van der Waals surface area contributed by atoms with E-state index < -0.39 is 0 Å². The third-order valence-corrected chi connectivity index (χ3v) is 2.39. The summed E-state index contributed by atoms with van der Waals surface area (Å²) in [4.78, 5) is 0. The molecule has 0 aromatic heterocycles. The number of aryl methyl sites for hydroxylation is 2. The average molecular weight is 162 g/mol. The summed E-state index contributed by atoms with van der Waals surface area (Å²) in [5, 5.41) is 6.74. The Balaban J connectivity index is 2.49. The molecule has 1 aromatic rings. The topological polar surface area (TPSA) is 24.1 Å². The first-order chi connectivity index (χ1) is 5.77. The molecule has 0 unspecified atom stereocenters. The van der Waals surface area contributed by atoms with Gasteiger partial charge in [0.2, 0.25) is 0 Å². The van der Waals surface area contributed by atoms with Gasteiger partial charge in [-0.2, -0.15) is 0 Å². The fraction of sp³-hybridized carbons (Fsp3) is 0.400. The largest absolute Gasteiger partial charge is 0.382 e. The van der Waals surface area contributed by atoms with Crippen molar-refractivity contribution >= 4 is 11.4 Å². The van der Waals surface area contributed by atoms with Gasteiger partial charge in [0.1, 0.15) is 0 Å². The molecular weight excluding hydrogens is 148 g/mol. The van der Waals surface area contributed by atoms with E-state index in [-0.39, 0.29) is 0 Å². The summed E-state index contributed by atoms with van der Waals surface area (Å²) in [6, 6.07) is 4.41. The van der Waals surface area contributed by atoms with Gasteiger partial charge in [-0.1, -0.05) is 0 Å². The Kier molecular flexibility index (Phi) is 1.68. The van der Waals surface area contributed by atoms with Gasteiger partial charge >= 0.3 is 0 Å². The van der Waals surface area contributed by atoms with Crippen molar-refractivity contribution in [3.8, 4) is 0 Å². The van der Waals surface area contributed by atoms with Crippen LogP contribution < -0.4 is 10.6 Å². The highest BCUT2D eigenvalue weighted by Crippen LogP contribution is 2.27. The third-order valence-electron chi connectivity index (χ3n) is 2.39. The summed E-state index contributed by atoms with van der Waals surface area (Å²) in [6.07, 6.45) is 0. The second-order valence-electron chi connectivity index (χ2n) is 3.34. The van der Waals surface area contributed by atoms with Crippen molar-refractivity contribution in [2.45, 2.75) is 13.8 Å². The lowest BCUT2D eigenvalue weighted by molar-refractivity contribution is 1.04. The molecule has 0 atom stereocenters. The predicted octanol–water partition coefficient (Wildman–Crippen LogP) is 2.14. The van der Waals surface area contributed by atoms with E-state index in [9.17, 15) is 0 Å². The van der Waals surface area contributed by atoms with E-state index in [1.54, 1.807) is 0 Å². The van der Waals surface area contributed by atoms with Crippen LogP contribution in [0.4, 0.5) is 11.4 Å². The quantitative estimate of drug-likeness (QED) is 0.610. The highest BCUT2D eigenvalue weighted by Gasteiger charge is 2.07. The number of rotatable bonds is 0. The normalized spacial score (nSPS) is 14.5. The van der Waals surface area contributed by atoms with Gasteiger partial charge < -0.3 is 10.6 Å². The molecule has 0 bridgehead atoms. The SMILES string of the molecule is Cc1cc2c(cc1C)NCCN2. The molecule has 0 radical (unpaired) electrons. The summed E-state index contributed by atoms with van der Waals surface area (Å²) < 4.78 is 0. The van der Waals surface area contributed by atoms with Crippen molar-refractivity contribution in [1.82, 2.24) is 0 Å². The maximum atomic E-state index is 3.37. The maximum absolute atomic E-state index is 3.37. The summed E-state index contributed by atoms with van der Waals surface area (Å²) in [7, 11) is 0. The zero-order valence-electron chi connectivity index (χ0n) is 7.57. The van der Waals surface area contributed by atoms with E-state index in [1.807, 2.05) is 0 Å². The smallest absolute Gasteiger partial charge is 0.0579 e. The maximum Gasteiger partial charge on any atom is 0.0579 e. The Labute approximate surface area is 73.0 Å². The Bertz CT molecular complexity index is 274. The van der Waals surface area contributed by atoms with Gasteiger partial charge in [0.15, 0.2) is 0 Å². The number of hydrogen-bond donors (Lipinski definition) is 2. The Morgan fingerprint density at radius 1 is 0.917 bits per heavy atom. The molecule has 2 rings (SSSR count). The molecule has 0 amide bonds. The number of anilines is 2. The third kappa shape index (κ3) is 1.13. The number of nitrogens with one attached hydrogen (secondary N) is 2. The molecule has 1 aliphatic rings. The van der Waals surface area contributed by atoms with E-state index in [1.165, 1.54) is 22.5 Å². The highest BCUT2D eigenvalue weighted by atomic mass is 15.0. The predicted molar refractivity (Wildman–Crippen MR) is 52.9 cm³/mol. The minimum Gasteiger partial charge on any atom is -0.382 e. The van der Waals surface area contributed by atoms with Crippen molar-refractivity contribution in [1.29, 1.82) is 0 Å². The fourth-order valence-electron chi connectivity index (χ4n) is 1.50. The van der Waals surface area contributed by atoms with Crippen LogP contribution in [0.3, 0.4) is 0 Å². The fourth-order valence-corrected chi connectivity index (χ4v) is 1.50. The lowest BCUT2D eigenvalue weighted by atomic mass is 10.1. The van der Waals surface area contributed by atoms with E-state index in [2.05, 4.69) is 36.6 Å². The minimum atomic E-state index is 1.02. The molecule has 1 aliphatic heterocycles. The van der Waals surface area contributed by atoms with E-state index in [4.69, 9.17) is 0 Å². The molecule has 2 nitrogen and oxygen atoms in total. The molecule has 0 aliphatic carbocycles. The second kappa shape index (κ2) is 2.70. The van der Waals surface area contributed by atoms with Crippen molar-refractivity contribution in [2.75, 3.05) is 23.7 Å². The molecule has 0 spiro atoms. The van der Waals surface area contributed by atoms with Gasteiger partial charge in [-0.15, -0.1) is 0 Å². The van der Waals surface area contributed by atoms with Crippen LogP contribution in [-0.4, -0.2) is 13.1 Å². The molecule has 2 N–H and O–H groups in total. The van der Waals surface area contributed by atoms with Crippen LogP contribution in [0.25, 0.3) is 0 Å². The van der Waals surface area contributed by atoms with Crippen LogP contribution in [-0.2, 0) is 0 Å². The first-order valence-corrected chi connectivity index (χ1v) is 4.36. The van der Waals surface area contributed by atoms with Crippen molar-refractivity contribution in [3.63, 3.8) is 0 Å². The molecule has 64 valence electrons. The second-order valence-corrected chi connectivity index (χ2v) is 3.34. The highest BCUT2D eigenvalue weighted by molar-refractivity contribution is 5.72. The van der Waals surface area contributed by atoms with E-state index in [0.29, 0.717) is 0 Å². The number of hydrogen-bond acceptors (Lipinski definition) is 2. The van der Waals surface area contributed by atoms with Gasteiger partial charge in [-0.05, 0) is 37.1 Å². The number of benzene rings is 1. The van der Waals surface area contributed by atoms with Crippen LogP contribution in [0, 0.1) is 13.8 Å². The first-order valence-electron chi connectivity index (χ1n) is 4.36. The zero-order valence-corrected chi connectivity index (χ0v) is 7.57. The van der Waals surface area contributed by atoms with Gasteiger partial charge in [0, 0.05) is 13.1 Å². The lowest BCUT2D eigenvalue weighted by Gasteiger charge is -2.21. The van der Waals surface area contributed by atoms with Crippen LogP contribution in [0.2, 0.25) is 0 Å². The zero-order chi connectivity index (χ0) is 8.55. The van der Waals surface area contributed by atoms with Crippen molar-refractivity contribution < 1.29 is 0 Å². The molecule has 2 heteroatoms. The monoisotopic (exact) mass is 162 g/mol. The Morgan fingerprint density at radius 3 is 1.75 bits per heavy atom. The Hall–Kier alpha value is -1.18. The van der Waals surface area contributed by atoms with Gasteiger partial charge in [-0.3, -0.25) is 0 Å².